The van der Waals surface area contributed by atoms with Gasteiger partial charge >= 0.3 is 0 Å². The number of allylic oxidation sites excluding steroid dienone is 5. The van der Waals surface area contributed by atoms with Crippen LogP contribution in [0.3, 0.4) is 0 Å². The van der Waals surface area contributed by atoms with Crippen molar-refractivity contribution in [2.45, 2.75) is 38.9 Å². The Morgan fingerprint density at radius 3 is 2.72 bits per heavy atom. The molecule has 0 saturated carbocycles. The molecule has 0 amide bonds. The first kappa shape index (κ1) is 19.1. The Morgan fingerprint density at radius 2 is 2.08 bits per heavy atom. The molecule has 132 valence electrons. The standard InChI is InChI=1S/C23H30N2/c1-5-7-13-20(6-2)17-22(18-21-14-9-8-10-15-21)25(4)23-19(3)12-11-16-24-23/h5-16,19,22-23H,1,17-18H2,2-4H3/b13-7-,20-6+/t19-,22?,23?/m0/s1. The Hall–Kier alpha value is -2.19. The molecule has 1 aliphatic heterocycles. The number of likely N-dealkylation sites (N-methyl/N-ethyl adjacent to an activating group) is 1. The highest BCUT2D eigenvalue weighted by molar-refractivity contribution is 5.72. The van der Waals surface area contributed by atoms with Crippen molar-refractivity contribution in [1.29, 1.82) is 0 Å². The number of dihydropyridines is 1. The maximum atomic E-state index is 4.73. The van der Waals surface area contributed by atoms with E-state index >= 15 is 0 Å². The zero-order valence-electron chi connectivity index (χ0n) is 15.7. The smallest absolute Gasteiger partial charge is 0.108 e. The van der Waals surface area contributed by atoms with E-state index in [9.17, 15) is 0 Å². The summed E-state index contributed by atoms with van der Waals surface area (Å²) in [6, 6.07) is 11.1. The number of nitrogens with zero attached hydrogens (tertiary/aromatic N) is 2. The Labute approximate surface area is 153 Å². The van der Waals surface area contributed by atoms with Gasteiger partial charge in [-0.3, -0.25) is 9.89 Å². The van der Waals surface area contributed by atoms with Gasteiger partial charge in [-0.05, 0) is 38.5 Å². The van der Waals surface area contributed by atoms with Gasteiger partial charge in [0.1, 0.15) is 6.17 Å². The van der Waals surface area contributed by atoms with Gasteiger partial charge in [-0.25, -0.2) is 0 Å². The lowest BCUT2D eigenvalue weighted by Gasteiger charge is -2.36. The molecule has 0 N–H and O–H groups in total. The van der Waals surface area contributed by atoms with Crippen LogP contribution >= 0.6 is 0 Å². The number of hydrogen-bond donors (Lipinski definition) is 0. The van der Waals surface area contributed by atoms with E-state index in [2.05, 4.69) is 80.9 Å². The van der Waals surface area contributed by atoms with E-state index in [1.54, 1.807) is 0 Å². The highest BCUT2D eigenvalue weighted by Crippen LogP contribution is 2.24. The Morgan fingerprint density at radius 1 is 1.32 bits per heavy atom. The van der Waals surface area contributed by atoms with Gasteiger partial charge in [0.05, 0.1) is 0 Å². The maximum Gasteiger partial charge on any atom is 0.108 e. The van der Waals surface area contributed by atoms with E-state index in [4.69, 9.17) is 4.99 Å². The first-order valence-corrected chi connectivity index (χ1v) is 9.05. The molecule has 0 radical (unpaired) electrons. The normalized spacial score (nSPS) is 21.8. The van der Waals surface area contributed by atoms with Crippen molar-refractivity contribution in [3.63, 3.8) is 0 Å². The molecule has 1 aliphatic rings. The molecule has 1 heterocycles. The van der Waals surface area contributed by atoms with Gasteiger partial charge in [-0.1, -0.05) is 79.8 Å². The fourth-order valence-corrected chi connectivity index (χ4v) is 3.28. The summed E-state index contributed by atoms with van der Waals surface area (Å²) in [4.78, 5) is 7.16. The van der Waals surface area contributed by atoms with Crippen LogP contribution in [0.2, 0.25) is 0 Å². The van der Waals surface area contributed by atoms with E-state index in [0.717, 1.165) is 12.8 Å². The molecule has 1 aromatic carbocycles. The molecule has 0 aromatic heterocycles. The SMILES string of the molecule is C=C/C=C\C(=C/C)CC(Cc1ccccc1)N(C)C1N=CC=C[C@@H]1C. The lowest BCUT2D eigenvalue weighted by molar-refractivity contribution is 0.148. The van der Waals surface area contributed by atoms with Crippen molar-refractivity contribution in [3.05, 3.63) is 84.5 Å². The fraction of sp³-hybridized carbons (Fsp3) is 0.348. The van der Waals surface area contributed by atoms with Gasteiger partial charge in [-0.15, -0.1) is 0 Å². The fourth-order valence-electron chi connectivity index (χ4n) is 3.28. The highest BCUT2D eigenvalue weighted by Gasteiger charge is 2.27. The average molecular weight is 335 g/mol. The van der Waals surface area contributed by atoms with Crippen LogP contribution in [-0.4, -0.2) is 30.4 Å². The zero-order chi connectivity index (χ0) is 18.1. The van der Waals surface area contributed by atoms with Gasteiger partial charge in [0.2, 0.25) is 0 Å². The van der Waals surface area contributed by atoms with Crippen molar-refractivity contribution in [2.75, 3.05) is 7.05 Å². The van der Waals surface area contributed by atoms with Gasteiger partial charge in [0, 0.05) is 18.2 Å². The van der Waals surface area contributed by atoms with Crippen LogP contribution in [0.1, 0.15) is 25.8 Å². The molecule has 2 nitrogen and oxygen atoms in total. The number of aliphatic imine (C=N–C) groups is 1. The summed E-state index contributed by atoms with van der Waals surface area (Å²) >= 11 is 0. The van der Waals surface area contributed by atoms with Crippen LogP contribution in [0.4, 0.5) is 0 Å². The van der Waals surface area contributed by atoms with Crippen LogP contribution in [0.5, 0.6) is 0 Å². The summed E-state index contributed by atoms with van der Waals surface area (Å²) in [6.45, 7) is 8.12. The minimum atomic E-state index is 0.195. The minimum Gasteiger partial charge on any atom is -0.281 e. The lowest BCUT2D eigenvalue weighted by atomic mass is 9.95. The predicted octanol–water partition coefficient (Wildman–Crippen LogP) is 5.21. The van der Waals surface area contributed by atoms with Crippen LogP contribution in [0.15, 0.2) is 83.9 Å². The van der Waals surface area contributed by atoms with Crippen molar-refractivity contribution in [2.24, 2.45) is 10.9 Å². The topological polar surface area (TPSA) is 15.6 Å². The molecular weight excluding hydrogens is 304 g/mol. The second-order valence-corrected chi connectivity index (χ2v) is 6.63. The van der Waals surface area contributed by atoms with Crippen LogP contribution < -0.4 is 0 Å². The summed E-state index contributed by atoms with van der Waals surface area (Å²) in [5, 5.41) is 0. The van der Waals surface area contributed by atoms with Crippen molar-refractivity contribution in [3.8, 4) is 0 Å². The first-order chi connectivity index (χ1) is 12.2. The molecule has 1 aromatic rings. The largest absolute Gasteiger partial charge is 0.281 e. The highest BCUT2D eigenvalue weighted by atomic mass is 15.2. The third-order valence-corrected chi connectivity index (χ3v) is 4.81. The second kappa shape index (κ2) is 9.95. The average Bonchev–Trinajstić information content (AvgIpc) is 2.65. The van der Waals surface area contributed by atoms with E-state index in [0.29, 0.717) is 12.0 Å². The molecule has 0 aliphatic carbocycles. The van der Waals surface area contributed by atoms with Crippen molar-refractivity contribution in [1.82, 2.24) is 4.90 Å². The van der Waals surface area contributed by atoms with Gasteiger partial charge in [-0.2, -0.15) is 0 Å². The summed E-state index contributed by atoms with van der Waals surface area (Å²) in [5.41, 5.74) is 2.70. The second-order valence-electron chi connectivity index (χ2n) is 6.63. The number of benzene rings is 1. The maximum absolute atomic E-state index is 4.73. The lowest BCUT2D eigenvalue weighted by Crippen LogP contribution is -2.44. The van der Waals surface area contributed by atoms with Crippen LogP contribution in [0, 0.1) is 5.92 Å². The van der Waals surface area contributed by atoms with Crippen molar-refractivity contribution < 1.29 is 0 Å². The van der Waals surface area contributed by atoms with E-state index in [1.807, 2.05) is 24.4 Å². The summed E-state index contributed by atoms with van der Waals surface area (Å²) in [6.07, 6.45) is 16.6. The monoisotopic (exact) mass is 334 g/mol. The number of hydrogen-bond acceptors (Lipinski definition) is 2. The molecule has 2 rings (SSSR count). The Kier molecular flexibility index (Phi) is 7.62. The summed E-state index contributed by atoms with van der Waals surface area (Å²) < 4.78 is 0. The molecule has 0 spiro atoms. The van der Waals surface area contributed by atoms with Crippen LogP contribution in [-0.2, 0) is 6.42 Å². The summed E-state index contributed by atoms with van der Waals surface area (Å²) in [7, 11) is 2.20. The van der Waals surface area contributed by atoms with Gasteiger partial charge < -0.3 is 0 Å². The molecule has 0 bridgehead atoms. The molecule has 25 heavy (non-hydrogen) atoms. The predicted molar refractivity (Wildman–Crippen MR) is 110 cm³/mol. The summed E-state index contributed by atoms with van der Waals surface area (Å²) in [5.74, 6) is 0.422. The van der Waals surface area contributed by atoms with Gasteiger partial charge in [0.25, 0.3) is 0 Å². The molecule has 3 atom stereocenters. The van der Waals surface area contributed by atoms with E-state index in [1.165, 1.54) is 11.1 Å². The zero-order valence-corrected chi connectivity index (χ0v) is 15.7. The molecule has 2 unspecified atom stereocenters. The first-order valence-electron chi connectivity index (χ1n) is 9.05. The molecule has 2 heteroatoms. The molecular formula is C23H30N2. The van der Waals surface area contributed by atoms with Crippen LogP contribution in [0.25, 0.3) is 0 Å². The van der Waals surface area contributed by atoms with E-state index < -0.39 is 0 Å². The third-order valence-electron chi connectivity index (χ3n) is 4.81. The quantitative estimate of drug-likeness (QED) is 0.596. The molecule has 0 fully saturated rings. The minimum absolute atomic E-state index is 0.195. The van der Waals surface area contributed by atoms with Crippen molar-refractivity contribution >= 4 is 6.21 Å². The number of rotatable bonds is 8. The van der Waals surface area contributed by atoms with E-state index in [-0.39, 0.29) is 6.17 Å². The Balaban J connectivity index is 2.21. The Bertz CT molecular complexity index is 652. The third kappa shape index (κ3) is 5.68. The van der Waals surface area contributed by atoms with Gasteiger partial charge in [0.15, 0.2) is 0 Å². The molecule has 0 saturated heterocycles.